The zero-order valence-corrected chi connectivity index (χ0v) is 16.4. The first-order valence-electron chi connectivity index (χ1n) is 9.76. The molecular weight excluding hydrogens is 368 g/mol. The molecule has 29 heavy (non-hydrogen) atoms. The molecule has 0 radical (unpaired) electrons. The Morgan fingerprint density at radius 3 is 2.59 bits per heavy atom. The summed E-state index contributed by atoms with van der Waals surface area (Å²) in [6.07, 6.45) is 1.51. The molecule has 0 N–H and O–H groups in total. The maximum Gasteiger partial charge on any atom is 0.258 e. The van der Waals surface area contributed by atoms with Gasteiger partial charge in [0.05, 0.1) is 25.3 Å². The van der Waals surface area contributed by atoms with E-state index < -0.39 is 0 Å². The Balaban J connectivity index is 1.69. The van der Waals surface area contributed by atoms with Crippen molar-refractivity contribution < 1.29 is 14.3 Å². The van der Waals surface area contributed by atoms with Crippen molar-refractivity contribution in [1.29, 1.82) is 0 Å². The fourth-order valence-corrected chi connectivity index (χ4v) is 3.74. The number of aromatic nitrogens is 1. The first-order chi connectivity index (χ1) is 14.2. The van der Waals surface area contributed by atoms with Crippen LogP contribution < -0.4 is 5.56 Å². The monoisotopic (exact) mass is 392 g/mol. The number of fused-ring (bicyclic) bond motifs is 1. The van der Waals surface area contributed by atoms with Crippen molar-refractivity contribution in [2.75, 3.05) is 33.4 Å². The van der Waals surface area contributed by atoms with Crippen LogP contribution in [-0.4, -0.2) is 48.8 Å². The van der Waals surface area contributed by atoms with Crippen molar-refractivity contribution >= 4 is 16.7 Å². The van der Waals surface area contributed by atoms with Crippen LogP contribution in [0.15, 0.2) is 65.6 Å². The third-order valence-corrected chi connectivity index (χ3v) is 5.29. The molecule has 1 atom stereocenters. The second kappa shape index (κ2) is 8.59. The van der Waals surface area contributed by atoms with E-state index in [2.05, 4.69) is 0 Å². The van der Waals surface area contributed by atoms with Crippen molar-refractivity contribution in [1.82, 2.24) is 9.47 Å². The van der Waals surface area contributed by atoms with E-state index in [-0.39, 0.29) is 17.6 Å². The fraction of sp³-hybridized carbons (Fsp3) is 0.304. The molecule has 1 aromatic heterocycles. The highest BCUT2D eigenvalue weighted by Gasteiger charge is 2.27. The van der Waals surface area contributed by atoms with Gasteiger partial charge in [0.1, 0.15) is 6.10 Å². The summed E-state index contributed by atoms with van der Waals surface area (Å²) in [6, 6.07) is 17.2. The van der Waals surface area contributed by atoms with E-state index in [4.69, 9.17) is 9.47 Å². The van der Waals surface area contributed by atoms with Gasteiger partial charge in [0.25, 0.3) is 11.5 Å². The van der Waals surface area contributed by atoms with Crippen LogP contribution in [0.5, 0.6) is 0 Å². The maximum atomic E-state index is 13.5. The molecule has 1 unspecified atom stereocenters. The molecule has 150 valence electrons. The number of carbonyl (C=O) groups is 1. The molecule has 1 aliphatic heterocycles. The van der Waals surface area contributed by atoms with Gasteiger partial charge in [0, 0.05) is 37.2 Å². The quantitative estimate of drug-likeness (QED) is 0.670. The van der Waals surface area contributed by atoms with Crippen molar-refractivity contribution in [3.05, 3.63) is 82.3 Å². The van der Waals surface area contributed by atoms with Gasteiger partial charge in [0.15, 0.2) is 0 Å². The summed E-state index contributed by atoms with van der Waals surface area (Å²) in [5, 5.41) is 1.22. The normalized spacial score (nSPS) is 16.9. The lowest BCUT2D eigenvalue weighted by Crippen LogP contribution is -2.42. The average molecular weight is 392 g/mol. The molecular formula is C23H24N2O4. The van der Waals surface area contributed by atoms with Crippen LogP contribution in [0.3, 0.4) is 0 Å². The second-order valence-corrected chi connectivity index (χ2v) is 7.10. The summed E-state index contributed by atoms with van der Waals surface area (Å²) in [5.41, 5.74) is 1.48. The van der Waals surface area contributed by atoms with E-state index in [0.29, 0.717) is 49.2 Å². The predicted octanol–water partition coefficient (Wildman–Crippen LogP) is 2.86. The topological polar surface area (TPSA) is 60.8 Å². The van der Waals surface area contributed by atoms with Crippen LogP contribution in [0.1, 0.15) is 22.0 Å². The number of ether oxygens (including phenoxy) is 2. The van der Waals surface area contributed by atoms with E-state index >= 15 is 0 Å². The Bertz CT molecular complexity index is 1060. The lowest BCUT2D eigenvalue weighted by Gasteiger charge is -2.33. The van der Waals surface area contributed by atoms with Gasteiger partial charge in [-0.25, -0.2) is 0 Å². The number of benzene rings is 2. The van der Waals surface area contributed by atoms with Gasteiger partial charge in [-0.3, -0.25) is 9.59 Å². The number of nitrogens with zero attached hydrogens (tertiary/aromatic N) is 2. The highest BCUT2D eigenvalue weighted by Crippen LogP contribution is 2.24. The van der Waals surface area contributed by atoms with Gasteiger partial charge in [-0.1, -0.05) is 48.5 Å². The highest BCUT2D eigenvalue weighted by molar-refractivity contribution is 6.06. The van der Waals surface area contributed by atoms with E-state index in [1.807, 2.05) is 53.4 Å². The van der Waals surface area contributed by atoms with Gasteiger partial charge in [-0.05, 0) is 11.6 Å². The van der Waals surface area contributed by atoms with E-state index in [9.17, 15) is 9.59 Å². The van der Waals surface area contributed by atoms with Crippen LogP contribution in [0, 0.1) is 0 Å². The molecule has 0 aliphatic carbocycles. The number of methoxy groups -OCH3 is 1. The number of carbonyl (C=O) groups excluding carboxylic acids is 1. The summed E-state index contributed by atoms with van der Waals surface area (Å²) in [6.45, 7) is 2.28. The van der Waals surface area contributed by atoms with Gasteiger partial charge >= 0.3 is 0 Å². The second-order valence-electron chi connectivity index (χ2n) is 7.10. The average Bonchev–Trinajstić information content (AvgIpc) is 2.79. The van der Waals surface area contributed by atoms with Crippen LogP contribution in [0.2, 0.25) is 0 Å². The third kappa shape index (κ3) is 3.95. The summed E-state index contributed by atoms with van der Waals surface area (Å²) < 4.78 is 12.6. The molecule has 4 rings (SSSR count). The molecule has 6 heteroatoms. The minimum absolute atomic E-state index is 0.0865. The molecule has 2 heterocycles. The van der Waals surface area contributed by atoms with Gasteiger partial charge in [-0.15, -0.1) is 0 Å². The first kappa shape index (κ1) is 19.4. The predicted molar refractivity (Wildman–Crippen MR) is 111 cm³/mol. The Hall–Kier alpha value is -2.96. The maximum absolute atomic E-state index is 13.5. The van der Waals surface area contributed by atoms with Crippen LogP contribution >= 0.6 is 0 Å². The van der Waals surface area contributed by atoms with E-state index in [1.165, 1.54) is 0 Å². The molecule has 0 bridgehead atoms. The van der Waals surface area contributed by atoms with Crippen LogP contribution in [-0.2, 0) is 16.0 Å². The number of rotatable bonds is 5. The Morgan fingerprint density at radius 1 is 1.10 bits per heavy atom. The number of hydrogen-bond donors (Lipinski definition) is 0. The zero-order chi connectivity index (χ0) is 20.2. The summed E-state index contributed by atoms with van der Waals surface area (Å²) in [4.78, 5) is 28.1. The smallest absolute Gasteiger partial charge is 0.258 e. The summed E-state index contributed by atoms with van der Waals surface area (Å²) in [7, 11) is 1.59. The Kier molecular flexibility index (Phi) is 5.74. The van der Waals surface area contributed by atoms with E-state index in [1.54, 1.807) is 23.9 Å². The number of hydrogen-bond acceptors (Lipinski definition) is 4. The van der Waals surface area contributed by atoms with Crippen molar-refractivity contribution in [3.63, 3.8) is 0 Å². The number of morpholine rings is 1. The SMILES string of the molecule is COCCn1cc(C(=O)N2CCOC(c3ccccc3)C2)c2ccccc2c1=O. The third-order valence-electron chi connectivity index (χ3n) is 5.29. The zero-order valence-electron chi connectivity index (χ0n) is 16.4. The standard InChI is InChI=1S/C23H24N2O4/c1-28-13-11-24-15-20(18-9-5-6-10-19(18)22(24)26)23(27)25-12-14-29-21(16-25)17-7-3-2-4-8-17/h2-10,15,21H,11-14,16H2,1H3. The van der Waals surface area contributed by atoms with Crippen LogP contribution in [0.25, 0.3) is 10.8 Å². The van der Waals surface area contributed by atoms with E-state index in [0.717, 1.165) is 5.56 Å². The number of amides is 1. The first-order valence-corrected chi connectivity index (χ1v) is 9.76. The van der Waals surface area contributed by atoms with Crippen molar-refractivity contribution in [3.8, 4) is 0 Å². The molecule has 0 spiro atoms. The molecule has 1 amide bonds. The lowest BCUT2D eigenvalue weighted by atomic mass is 10.0. The molecule has 1 fully saturated rings. The molecule has 3 aromatic rings. The molecule has 1 saturated heterocycles. The fourth-order valence-electron chi connectivity index (χ4n) is 3.74. The minimum Gasteiger partial charge on any atom is -0.383 e. The molecule has 1 aliphatic rings. The molecule has 2 aromatic carbocycles. The largest absolute Gasteiger partial charge is 0.383 e. The minimum atomic E-state index is -0.153. The Morgan fingerprint density at radius 2 is 1.83 bits per heavy atom. The molecule has 6 nitrogen and oxygen atoms in total. The van der Waals surface area contributed by atoms with Crippen LogP contribution in [0.4, 0.5) is 0 Å². The molecule has 0 saturated carbocycles. The van der Waals surface area contributed by atoms with Gasteiger partial charge in [0.2, 0.25) is 0 Å². The summed E-state index contributed by atoms with van der Waals surface area (Å²) in [5.74, 6) is -0.0865. The van der Waals surface area contributed by atoms with Crippen molar-refractivity contribution in [2.45, 2.75) is 12.6 Å². The number of pyridine rings is 1. The van der Waals surface area contributed by atoms with Gasteiger partial charge in [-0.2, -0.15) is 0 Å². The highest BCUT2D eigenvalue weighted by atomic mass is 16.5. The Labute approximate surface area is 169 Å². The lowest BCUT2D eigenvalue weighted by molar-refractivity contribution is -0.0227. The summed E-state index contributed by atoms with van der Waals surface area (Å²) >= 11 is 0. The van der Waals surface area contributed by atoms with Crippen molar-refractivity contribution in [2.24, 2.45) is 0 Å². The van der Waals surface area contributed by atoms with Gasteiger partial charge < -0.3 is 18.9 Å².